The second kappa shape index (κ2) is 8.05. The summed E-state index contributed by atoms with van der Waals surface area (Å²) >= 11 is 0. The zero-order valence-electron chi connectivity index (χ0n) is 16.9. The number of carbonyl (C=O) groups is 1. The summed E-state index contributed by atoms with van der Waals surface area (Å²) in [6.07, 6.45) is 0.986. The van der Waals surface area contributed by atoms with Crippen LogP contribution in [0.5, 0.6) is 0 Å². The van der Waals surface area contributed by atoms with Crippen molar-refractivity contribution in [1.82, 2.24) is 34.9 Å². The summed E-state index contributed by atoms with van der Waals surface area (Å²) in [5.41, 5.74) is 6.05. The number of nitrogens with zero attached hydrogens (tertiary/aromatic N) is 6. The highest BCUT2D eigenvalue weighted by atomic mass is 16.6. The van der Waals surface area contributed by atoms with Crippen molar-refractivity contribution in [2.75, 3.05) is 11.9 Å². The van der Waals surface area contributed by atoms with Crippen molar-refractivity contribution in [1.29, 1.82) is 0 Å². The molecule has 14 nitrogen and oxygen atoms in total. The quantitative estimate of drug-likeness (QED) is 0.262. The molecule has 1 saturated carbocycles. The number of aromatic amines is 1. The van der Waals surface area contributed by atoms with Crippen LogP contribution >= 0.6 is 0 Å². The van der Waals surface area contributed by atoms with Gasteiger partial charge >= 0.3 is 0 Å². The summed E-state index contributed by atoms with van der Waals surface area (Å²) in [5, 5.41) is 43.6. The first-order valence-electron chi connectivity index (χ1n) is 10.3. The molecule has 0 radical (unpaired) electrons. The van der Waals surface area contributed by atoms with Crippen molar-refractivity contribution in [3.05, 3.63) is 12.0 Å². The molecule has 1 saturated heterocycles. The number of aliphatic hydroxyl groups excluding tert-OH is 3. The predicted octanol–water partition coefficient (Wildman–Crippen LogP) is -1.32. The molecule has 0 aromatic carbocycles. The lowest BCUT2D eigenvalue weighted by Crippen LogP contribution is -2.33. The van der Waals surface area contributed by atoms with Crippen LogP contribution in [-0.2, 0) is 4.74 Å². The molecule has 1 aliphatic carbocycles. The van der Waals surface area contributed by atoms with Crippen LogP contribution in [0, 0.1) is 0 Å². The summed E-state index contributed by atoms with van der Waals surface area (Å²) in [6, 6.07) is 0.202. The summed E-state index contributed by atoms with van der Waals surface area (Å²) in [4.78, 5) is 25.2. The molecule has 4 atom stereocenters. The SMILES string of the molecule is NC(=O)c1n[nH]nc1-c1nc(NC2CCCC2)c2ncn(C3O[C@H](CO)[C@@H](O)[C@@H]3O)c2n1. The van der Waals surface area contributed by atoms with Gasteiger partial charge in [0.25, 0.3) is 5.91 Å². The number of fused-ring (bicyclic) bond motifs is 1. The van der Waals surface area contributed by atoms with Crippen LogP contribution in [0.4, 0.5) is 5.82 Å². The highest BCUT2D eigenvalue weighted by Crippen LogP contribution is 2.34. The molecular formula is C18H23N9O5. The lowest BCUT2D eigenvalue weighted by Gasteiger charge is -2.17. The Morgan fingerprint density at radius 3 is 2.72 bits per heavy atom. The van der Waals surface area contributed by atoms with E-state index < -0.39 is 37.1 Å². The van der Waals surface area contributed by atoms with Crippen molar-refractivity contribution in [3.63, 3.8) is 0 Å². The average Bonchev–Trinajstić information content (AvgIpc) is 3.56. The van der Waals surface area contributed by atoms with E-state index in [0.717, 1.165) is 25.7 Å². The molecular weight excluding hydrogens is 422 g/mol. The van der Waals surface area contributed by atoms with Crippen LogP contribution in [0.2, 0.25) is 0 Å². The fourth-order valence-corrected chi connectivity index (χ4v) is 4.24. The standard InChI is InChI=1S/C18H23N9O5/c19-14(31)9-10(25-26-24-9)15-22-16(21-7-3-1-2-4-7)11-17(23-15)27(6-20-11)18-13(30)12(29)8(5-28)32-18/h6-8,12-13,18,28-30H,1-5H2,(H2,19,31)(H,21,22,23)(H,24,25,26)/t8-,12-,13+,18?/m1/s1. The third kappa shape index (κ3) is 3.37. The number of hydrogen-bond donors (Lipinski definition) is 6. The van der Waals surface area contributed by atoms with E-state index in [0.29, 0.717) is 11.3 Å². The Morgan fingerprint density at radius 1 is 1.25 bits per heavy atom. The second-order valence-corrected chi connectivity index (χ2v) is 7.96. The lowest BCUT2D eigenvalue weighted by atomic mass is 10.1. The molecule has 3 aromatic rings. The monoisotopic (exact) mass is 445 g/mol. The number of H-pyrrole nitrogens is 1. The third-order valence-corrected chi connectivity index (χ3v) is 5.90. The number of hydrogen-bond acceptors (Lipinski definition) is 11. The molecule has 14 heteroatoms. The molecule has 170 valence electrons. The lowest BCUT2D eigenvalue weighted by molar-refractivity contribution is -0.0511. The molecule has 3 aromatic heterocycles. The molecule has 1 aliphatic heterocycles. The maximum atomic E-state index is 11.8. The predicted molar refractivity (Wildman–Crippen MR) is 108 cm³/mol. The number of rotatable bonds is 6. The molecule has 0 spiro atoms. The average molecular weight is 445 g/mol. The van der Waals surface area contributed by atoms with Gasteiger partial charge in [0.05, 0.1) is 12.9 Å². The van der Waals surface area contributed by atoms with Crippen LogP contribution < -0.4 is 11.1 Å². The van der Waals surface area contributed by atoms with E-state index in [1.54, 1.807) is 0 Å². The molecule has 2 aliphatic rings. The molecule has 7 N–H and O–H groups in total. The zero-order chi connectivity index (χ0) is 22.4. The Kier molecular flexibility index (Phi) is 5.21. The smallest absolute Gasteiger partial charge is 0.271 e. The summed E-state index contributed by atoms with van der Waals surface area (Å²) < 4.78 is 7.09. The number of primary amides is 1. The van der Waals surface area contributed by atoms with Gasteiger partial charge in [-0.25, -0.2) is 15.0 Å². The summed E-state index contributed by atoms with van der Waals surface area (Å²) in [6.45, 7) is -0.461. The summed E-state index contributed by atoms with van der Waals surface area (Å²) in [5.74, 6) is -0.283. The van der Waals surface area contributed by atoms with Gasteiger partial charge in [0.1, 0.15) is 18.3 Å². The fourth-order valence-electron chi connectivity index (χ4n) is 4.24. The Bertz CT molecular complexity index is 1140. The van der Waals surface area contributed by atoms with Crippen LogP contribution in [0.15, 0.2) is 6.33 Å². The summed E-state index contributed by atoms with van der Waals surface area (Å²) in [7, 11) is 0. The number of anilines is 1. The number of imidazole rings is 1. The Balaban J connectivity index is 1.64. The molecule has 4 heterocycles. The van der Waals surface area contributed by atoms with Gasteiger partial charge in [-0.2, -0.15) is 15.4 Å². The maximum absolute atomic E-state index is 11.8. The first-order chi connectivity index (χ1) is 15.5. The number of aromatic nitrogens is 7. The van der Waals surface area contributed by atoms with Crippen molar-refractivity contribution in [2.24, 2.45) is 5.73 Å². The number of carbonyl (C=O) groups excluding carboxylic acids is 1. The number of ether oxygens (including phenoxy) is 1. The minimum absolute atomic E-state index is 0.0720. The number of aliphatic hydroxyl groups is 3. The van der Waals surface area contributed by atoms with Gasteiger partial charge in [0.2, 0.25) is 0 Å². The topological polar surface area (TPSA) is 210 Å². The van der Waals surface area contributed by atoms with Gasteiger partial charge in [0, 0.05) is 6.04 Å². The maximum Gasteiger partial charge on any atom is 0.271 e. The molecule has 32 heavy (non-hydrogen) atoms. The molecule has 1 amide bonds. The molecule has 2 fully saturated rings. The Morgan fingerprint density at radius 2 is 2.03 bits per heavy atom. The number of nitrogens with one attached hydrogen (secondary N) is 2. The van der Waals surface area contributed by atoms with E-state index in [1.165, 1.54) is 10.9 Å². The highest BCUT2D eigenvalue weighted by Gasteiger charge is 2.44. The van der Waals surface area contributed by atoms with E-state index >= 15 is 0 Å². The zero-order valence-corrected chi connectivity index (χ0v) is 16.9. The van der Waals surface area contributed by atoms with E-state index in [2.05, 4.69) is 35.7 Å². The molecule has 1 unspecified atom stereocenters. The van der Waals surface area contributed by atoms with Gasteiger partial charge in [0.15, 0.2) is 40.4 Å². The van der Waals surface area contributed by atoms with Crippen LogP contribution in [-0.4, -0.2) is 87.1 Å². The fraction of sp³-hybridized carbons (Fsp3) is 0.556. The molecule has 0 bridgehead atoms. The van der Waals surface area contributed by atoms with E-state index in [4.69, 9.17) is 10.5 Å². The van der Waals surface area contributed by atoms with Gasteiger partial charge < -0.3 is 31.1 Å². The van der Waals surface area contributed by atoms with E-state index in [-0.39, 0.29) is 28.9 Å². The first kappa shape index (κ1) is 20.7. The van der Waals surface area contributed by atoms with Crippen LogP contribution in [0.25, 0.3) is 22.7 Å². The Labute approximate surface area is 180 Å². The van der Waals surface area contributed by atoms with Crippen molar-refractivity contribution >= 4 is 22.9 Å². The minimum Gasteiger partial charge on any atom is -0.394 e. The van der Waals surface area contributed by atoms with Crippen LogP contribution in [0.3, 0.4) is 0 Å². The second-order valence-electron chi connectivity index (χ2n) is 7.96. The number of nitrogens with two attached hydrogens (primary N) is 1. The molecule has 5 rings (SSSR count). The largest absolute Gasteiger partial charge is 0.394 e. The first-order valence-corrected chi connectivity index (χ1v) is 10.3. The Hall–Kier alpha value is -3.20. The number of amides is 1. The van der Waals surface area contributed by atoms with Crippen LogP contribution in [0.1, 0.15) is 42.4 Å². The third-order valence-electron chi connectivity index (χ3n) is 5.90. The van der Waals surface area contributed by atoms with E-state index in [9.17, 15) is 20.1 Å². The van der Waals surface area contributed by atoms with E-state index in [1.807, 2.05) is 0 Å². The van der Waals surface area contributed by atoms with Gasteiger partial charge in [-0.15, -0.1) is 0 Å². The van der Waals surface area contributed by atoms with Gasteiger partial charge in [-0.1, -0.05) is 12.8 Å². The van der Waals surface area contributed by atoms with Crippen molar-refractivity contribution in [3.8, 4) is 11.5 Å². The minimum atomic E-state index is -1.32. The van der Waals surface area contributed by atoms with Crippen molar-refractivity contribution in [2.45, 2.75) is 56.3 Å². The van der Waals surface area contributed by atoms with Gasteiger partial charge in [-0.3, -0.25) is 9.36 Å². The van der Waals surface area contributed by atoms with Crippen molar-refractivity contribution < 1.29 is 24.9 Å². The normalized spacial score (nSPS) is 26.2. The highest BCUT2D eigenvalue weighted by molar-refractivity contribution is 5.96. The van der Waals surface area contributed by atoms with Gasteiger partial charge in [-0.05, 0) is 12.8 Å².